The number of hydrogen-bond donors (Lipinski definition) is 0. The first-order valence-electron chi connectivity index (χ1n) is 5.00. The molecular formula is C10H5Cl3F3N3O. The molecule has 0 unspecified atom stereocenters. The molecule has 0 spiro atoms. The van der Waals surface area contributed by atoms with E-state index in [1.54, 1.807) is 0 Å². The molecule has 0 saturated carbocycles. The van der Waals surface area contributed by atoms with Gasteiger partial charge in [0.1, 0.15) is 21.6 Å². The fraction of sp³-hybridized carbons (Fsp3) is 0.200. The molecule has 20 heavy (non-hydrogen) atoms. The van der Waals surface area contributed by atoms with E-state index < -0.39 is 18.3 Å². The molecule has 0 radical (unpaired) electrons. The Kier molecular flexibility index (Phi) is 4.31. The molecule has 0 aromatic carbocycles. The normalized spacial score (nSPS) is 11.2. The van der Waals surface area contributed by atoms with Gasteiger partial charge < -0.3 is 4.74 Å². The van der Waals surface area contributed by atoms with Crippen molar-refractivity contribution in [2.75, 3.05) is 0 Å². The van der Waals surface area contributed by atoms with Crippen LogP contribution in [0.2, 0.25) is 15.2 Å². The van der Waals surface area contributed by atoms with Gasteiger partial charge in [-0.1, -0.05) is 34.8 Å². The van der Waals surface area contributed by atoms with Crippen molar-refractivity contribution < 1.29 is 17.9 Å². The van der Waals surface area contributed by atoms with E-state index in [0.717, 1.165) is 10.7 Å². The molecule has 108 valence electrons. The first kappa shape index (κ1) is 15.2. The number of hydrogen-bond acceptors (Lipinski definition) is 3. The maximum atomic E-state index is 13.8. The number of rotatable bonds is 3. The summed E-state index contributed by atoms with van der Waals surface area (Å²) >= 11 is 17.1. The van der Waals surface area contributed by atoms with Gasteiger partial charge in [0.25, 0.3) is 0 Å². The lowest BCUT2D eigenvalue weighted by Gasteiger charge is -2.04. The summed E-state index contributed by atoms with van der Waals surface area (Å²) in [7, 11) is 1.31. The van der Waals surface area contributed by atoms with Crippen LogP contribution >= 0.6 is 34.8 Å². The smallest absolute Gasteiger partial charge is 0.388 e. The highest BCUT2D eigenvalue weighted by Gasteiger charge is 2.24. The Morgan fingerprint density at radius 2 is 1.90 bits per heavy atom. The Morgan fingerprint density at radius 3 is 2.50 bits per heavy atom. The quantitative estimate of drug-likeness (QED) is 0.783. The maximum Gasteiger partial charge on any atom is 0.388 e. The monoisotopic (exact) mass is 345 g/mol. The zero-order valence-corrected chi connectivity index (χ0v) is 11.9. The molecule has 0 saturated heterocycles. The number of alkyl halides is 2. The Balaban J connectivity index is 2.57. The van der Waals surface area contributed by atoms with Crippen molar-refractivity contribution in [3.8, 4) is 17.3 Å². The second-order valence-corrected chi connectivity index (χ2v) is 4.70. The lowest BCUT2D eigenvalue weighted by molar-refractivity contribution is -0.0552. The standard InChI is InChI=1S/C10H5Cl3F3N3O/c1-19-9(20-10(15)16)5(12)7(18-19)6-4(14)2-3(11)8(13)17-6/h2,10H,1H3. The van der Waals surface area contributed by atoms with Crippen LogP contribution in [0.25, 0.3) is 11.4 Å². The van der Waals surface area contributed by atoms with Crippen LogP contribution in [0, 0.1) is 5.82 Å². The van der Waals surface area contributed by atoms with Crippen molar-refractivity contribution in [2.24, 2.45) is 7.05 Å². The number of nitrogens with zero attached hydrogens (tertiary/aromatic N) is 3. The van der Waals surface area contributed by atoms with E-state index in [2.05, 4.69) is 14.8 Å². The van der Waals surface area contributed by atoms with Gasteiger partial charge in [0, 0.05) is 7.05 Å². The van der Waals surface area contributed by atoms with Crippen LogP contribution in [0.4, 0.5) is 13.2 Å². The van der Waals surface area contributed by atoms with Crippen LogP contribution in [-0.2, 0) is 7.05 Å². The number of pyridine rings is 1. The van der Waals surface area contributed by atoms with Crippen molar-refractivity contribution in [3.05, 3.63) is 27.1 Å². The van der Waals surface area contributed by atoms with Crippen molar-refractivity contribution in [1.29, 1.82) is 0 Å². The van der Waals surface area contributed by atoms with E-state index in [0.29, 0.717) is 0 Å². The Bertz CT molecular complexity index is 663. The summed E-state index contributed by atoms with van der Waals surface area (Å²) < 4.78 is 43.4. The molecule has 0 fully saturated rings. The van der Waals surface area contributed by atoms with Gasteiger partial charge in [0.05, 0.1) is 5.02 Å². The molecule has 0 N–H and O–H groups in total. The fourth-order valence-electron chi connectivity index (χ4n) is 1.46. The van der Waals surface area contributed by atoms with E-state index in [1.165, 1.54) is 7.05 Å². The molecule has 0 amide bonds. The topological polar surface area (TPSA) is 39.9 Å². The van der Waals surface area contributed by atoms with E-state index in [9.17, 15) is 13.2 Å². The predicted molar refractivity (Wildman–Crippen MR) is 68.1 cm³/mol. The highest BCUT2D eigenvalue weighted by atomic mass is 35.5. The van der Waals surface area contributed by atoms with Crippen LogP contribution in [0.15, 0.2) is 6.07 Å². The maximum absolute atomic E-state index is 13.8. The van der Waals surface area contributed by atoms with Gasteiger partial charge in [0.15, 0.2) is 5.82 Å². The molecular weight excluding hydrogens is 341 g/mol. The van der Waals surface area contributed by atoms with Crippen molar-refractivity contribution in [2.45, 2.75) is 6.61 Å². The molecule has 2 aromatic rings. The third-order valence-corrected chi connectivity index (χ3v) is 3.26. The van der Waals surface area contributed by atoms with Crippen LogP contribution in [0.3, 0.4) is 0 Å². The van der Waals surface area contributed by atoms with Crippen molar-refractivity contribution in [3.63, 3.8) is 0 Å². The molecule has 0 aliphatic carbocycles. The molecule has 2 rings (SSSR count). The molecule has 10 heteroatoms. The number of aromatic nitrogens is 3. The zero-order valence-electron chi connectivity index (χ0n) is 9.67. The van der Waals surface area contributed by atoms with Crippen molar-refractivity contribution in [1.82, 2.24) is 14.8 Å². The highest BCUT2D eigenvalue weighted by molar-refractivity contribution is 6.41. The lowest BCUT2D eigenvalue weighted by atomic mass is 10.2. The van der Waals surface area contributed by atoms with E-state index in [-0.39, 0.29) is 26.6 Å². The highest BCUT2D eigenvalue weighted by Crippen LogP contribution is 2.37. The molecule has 2 aromatic heterocycles. The summed E-state index contributed by atoms with van der Waals surface area (Å²) in [4.78, 5) is 3.69. The Morgan fingerprint density at radius 1 is 1.25 bits per heavy atom. The van der Waals surface area contributed by atoms with Gasteiger partial charge in [-0.05, 0) is 6.07 Å². The molecule has 0 atom stereocenters. The summed E-state index contributed by atoms with van der Waals surface area (Å²) in [5.74, 6) is -1.26. The number of halogens is 6. The summed E-state index contributed by atoms with van der Waals surface area (Å²) in [6.45, 7) is -3.10. The molecule has 4 nitrogen and oxygen atoms in total. The van der Waals surface area contributed by atoms with Gasteiger partial charge in [-0.25, -0.2) is 14.1 Å². The number of ether oxygens (including phenoxy) is 1. The van der Waals surface area contributed by atoms with Gasteiger partial charge in [0.2, 0.25) is 5.88 Å². The van der Waals surface area contributed by atoms with Crippen LogP contribution in [-0.4, -0.2) is 21.4 Å². The van der Waals surface area contributed by atoms with E-state index in [1.807, 2.05) is 0 Å². The van der Waals surface area contributed by atoms with Gasteiger partial charge in [-0.15, -0.1) is 0 Å². The summed E-state index contributed by atoms with van der Waals surface area (Å²) in [5.41, 5.74) is -0.495. The minimum Gasteiger partial charge on any atom is -0.416 e. The predicted octanol–water partition coefficient (Wildman–Crippen LogP) is 4.18. The second-order valence-electron chi connectivity index (χ2n) is 3.56. The summed E-state index contributed by atoms with van der Waals surface area (Å²) in [5, 5.41) is 3.22. The van der Waals surface area contributed by atoms with E-state index in [4.69, 9.17) is 34.8 Å². The van der Waals surface area contributed by atoms with Gasteiger partial charge >= 0.3 is 6.61 Å². The molecule has 0 aliphatic heterocycles. The lowest BCUT2D eigenvalue weighted by Crippen LogP contribution is -2.06. The average Bonchev–Trinajstić information content (AvgIpc) is 2.61. The third-order valence-electron chi connectivity index (χ3n) is 2.25. The third kappa shape index (κ3) is 2.79. The first-order chi connectivity index (χ1) is 9.31. The zero-order chi connectivity index (χ0) is 15.0. The summed E-state index contributed by atoms with van der Waals surface area (Å²) in [6, 6.07) is 0.922. The van der Waals surface area contributed by atoms with Crippen molar-refractivity contribution >= 4 is 34.8 Å². The minimum atomic E-state index is -3.10. The Labute approximate surface area is 126 Å². The average molecular weight is 347 g/mol. The minimum absolute atomic E-state index is 0.0935. The van der Waals surface area contributed by atoms with Gasteiger partial charge in [-0.3, -0.25) is 0 Å². The van der Waals surface area contributed by atoms with E-state index >= 15 is 0 Å². The molecule has 0 bridgehead atoms. The molecule has 2 heterocycles. The van der Waals surface area contributed by atoms with Crippen LogP contribution in [0.5, 0.6) is 5.88 Å². The second kappa shape index (κ2) is 5.67. The summed E-state index contributed by atoms with van der Waals surface area (Å²) in [6.07, 6.45) is 0. The SMILES string of the molecule is Cn1nc(-c2nc(Cl)c(Cl)cc2F)c(Cl)c1OC(F)F. The fourth-order valence-corrected chi connectivity index (χ4v) is 2.03. The van der Waals surface area contributed by atoms with Crippen LogP contribution in [0.1, 0.15) is 0 Å². The Hall–Kier alpha value is -1.18. The molecule has 0 aliphatic rings. The number of aryl methyl sites for hydroxylation is 1. The van der Waals surface area contributed by atoms with Crippen LogP contribution < -0.4 is 4.74 Å². The largest absolute Gasteiger partial charge is 0.416 e. The first-order valence-corrected chi connectivity index (χ1v) is 6.14. The van der Waals surface area contributed by atoms with Gasteiger partial charge in [-0.2, -0.15) is 13.9 Å².